The van der Waals surface area contributed by atoms with Crippen molar-refractivity contribution in [3.05, 3.63) is 38.9 Å². The quantitative estimate of drug-likeness (QED) is 0.627. The van der Waals surface area contributed by atoms with Crippen LogP contribution < -0.4 is 0 Å². The molecule has 2 unspecified atom stereocenters. The van der Waals surface area contributed by atoms with E-state index in [0.717, 1.165) is 25.2 Å². The summed E-state index contributed by atoms with van der Waals surface area (Å²) < 4.78 is 0. The van der Waals surface area contributed by atoms with Gasteiger partial charge >= 0.3 is 0 Å². The average molecular weight is 283 g/mol. The fourth-order valence-electron chi connectivity index (χ4n) is 2.98. The average Bonchev–Trinajstić information content (AvgIpc) is 2.30. The molecule has 0 aromatic heterocycles. The summed E-state index contributed by atoms with van der Waals surface area (Å²) in [4.78, 5) is 12.8. The highest BCUT2D eigenvalue weighted by Gasteiger charge is 2.22. The first kappa shape index (κ1) is 14.3. The van der Waals surface area contributed by atoms with E-state index in [1.807, 2.05) is 6.07 Å². The molecule has 0 N–H and O–H groups in total. The number of nitrogens with zero attached hydrogens (tertiary/aromatic N) is 2. The molecule has 1 aliphatic rings. The fourth-order valence-corrected chi connectivity index (χ4v) is 3.16. The number of rotatable bonds is 3. The molecule has 4 nitrogen and oxygen atoms in total. The van der Waals surface area contributed by atoms with Gasteiger partial charge in [0.25, 0.3) is 5.69 Å². The second kappa shape index (κ2) is 5.88. The van der Waals surface area contributed by atoms with Crippen LogP contribution in [0.15, 0.2) is 18.2 Å². The van der Waals surface area contributed by atoms with Gasteiger partial charge < -0.3 is 0 Å². The number of halogens is 1. The lowest BCUT2D eigenvalue weighted by atomic mass is 9.91. The van der Waals surface area contributed by atoms with Crippen molar-refractivity contribution >= 4 is 17.3 Å². The second-order valence-electron chi connectivity index (χ2n) is 5.68. The van der Waals surface area contributed by atoms with Gasteiger partial charge in [-0.1, -0.05) is 31.5 Å². The molecule has 1 aliphatic heterocycles. The monoisotopic (exact) mass is 282 g/mol. The minimum Gasteiger partial charge on any atom is -0.299 e. The van der Waals surface area contributed by atoms with E-state index < -0.39 is 4.92 Å². The van der Waals surface area contributed by atoms with Crippen molar-refractivity contribution < 1.29 is 4.92 Å². The Labute approximate surface area is 118 Å². The minimum atomic E-state index is -0.423. The lowest BCUT2D eigenvalue weighted by Crippen LogP contribution is -2.38. The molecule has 2 rings (SSSR count). The number of hydrogen-bond acceptors (Lipinski definition) is 3. The molecule has 0 radical (unpaired) electrons. The van der Waals surface area contributed by atoms with Gasteiger partial charge in [-0.15, -0.1) is 0 Å². The summed E-state index contributed by atoms with van der Waals surface area (Å²) in [6.45, 7) is 7.38. The van der Waals surface area contributed by atoms with Gasteiger partial charge in [-0.25, -0.2) is 0 Å². The van der Waals surface area contributed by atoms with Crippen LogP contribution in [0.2, 0.25) is 5.02 Å². The molecular weight excluding hydrogens is 264 g/mol. The van der Waals surface area contributed by atoms with Gasteiger partial charge in [-0.3, -0.25) is 15.0 Å². The molecule has 1 saturated heterocycles. The Kier molecular flexibility index (Phi) is 4.42. The molecule has 1 fully saturated rings. The number of piperidine rings is 1. The lowest BCUT2D eigenvalue weighted by Gasteiger charge is -2.34. The van der Waals surface area contributed by atoms with Crippen molar-refractivity contribution in [1.29, 1.82) is 0 Å². The van der Waals surface area contributed by atoms with Crippen LogP contribution in [0.4, 0.5) is 5.69 Å². The summed E-state index contributed by atoms with van der Waals surface area (Å²) in [5, 5.41) is 11.1. The number of hydrogen-bond donors (Lipinski definition) is 0. The number of likely N-dealkylation sites (tertiary alicyclic amines) is 1. The van der Waals surface area contributed by atoms with E-state index in [0.29, 0.717) is 11.8 Å². The van der Waals surface area contributed by atoms with E-state index in [2.05, 4.69) is 18.7 Å². The maximum Gasteiger partial charge on any atom is 0.288 e. The van der Waals surface area contributed by atoms with Gasteiger partial charge in [0.2, 0.25) is 0 Å². The smallest absolute Gasteiger partial charge is 0.288 e. The first-order valence-corrected chi connectivity index (χ1v) is 6.98. The Balaban J connectivity index is 2.10. The maximum atomic E-state index is 10.9. The summed E-state index contributed by atoms with van der Waals surface area (Å²) >= 11 is 5.83. The van der Waals surface area contributed by atoms with Crippen molar-refractivity contribution in [1.82, 2.24) is 4.90 Å². The van der Waals surface area contributed by atoms with Crippen LogP contribution in [0.25, 0.3) is 0 Å². The fraction of sp³-hybridized carbons (Fsp3) is 0.571. The van der Waals surface area contributed by atoms with Gasteiger partial charge in [0, 0.05) is 25.7 Å². The molecule has 0 aliphatic carbocycles. The summed E-state index contributed by atoms with van der Waals surface area (Å²) in [7, 11) is 0. The third-order valence-electron chi connectivity index (χ3n) is 3.56. The third-order valence-corrected chi connectivity index (χ3v) is 3.88. The Morgan fingerprint density at radius 1 is 1.37 bits per heavy atom. The molecule has 0 spiro atoms. The Morgan fingerprint density at radius 2 is 2.00 bits per heavy atom. The molecular formula is C14H19ClN2O2. The van der Waals surface area contributed by atoms with Crippen LogP contribution in [-0.2, 0) is 6.54 Å². The van der Waals surface area contributed by atoms with Crippen molar-refractivity contribution in [2.75, 3.05) is 13.1 Å². The first-order valence-electron chi connectivity index (χ1n) is 6.61. The van der Waals surface area contributed by atoms with E-state index >= 15 is 0 Å². The first-order chi connectivity index (χ1) is 8.95. The second-order valence-corrected chi connectivity index (χ2v) is 6.09. The largest absolute Gasteiger partial charge is 0.299 e. The molecule has 1 heterocycles. The lowest BCUT2D eigenvalue weighted by molar-refractivity contribution is -0.384. The standard InChI is InChI=1S/C14H19ClN2O2/c1-10-5-11(2)8-16(7-10)9-12-3-4-13(15)14(6-12)17(18)19/h3-4,6,10-11H,5,7-9H2,1-2H3. The van der Waals surface area contributed by atoms with Crippen LogP contribution >= 0.6 is 11.6 Å². The van der Waals surface area contributed by atoms with Crippen LogP contribution in [0.1, 0.15) is 25.8 Å². The van der Waals surface area contributed by atoms with Crippen LogP contribution in [0, 0.1) is 22.0 Å². The molecule has 0 amide bonds. The Morgan fingerprint density at radius 3 is 2.58 bits per heavy atom. The maximum absolute atomic E-state index is 10.9. The van der Waals surface area contributed by atoms with E-state index in [1.54, 1.807) is 12.1 Å². The van der Waals surface area contributed by atoms with Gasteiger partial charge in [-0.05, 0) is 29.9 Å². The molecule has 19 heavy (non-hydrogen) atoms. The Bertz CT molecular complexity index is 469. The van der Waals surface area contributed by atoms with Gasteiger partial charge in [-0.2, -0.15) is 0 Å². The van der Waals surface area contributed by atoms with Crippen molar-refractivity contribution in [3.63, 3.8) is 0 Å². The molecule has 0 saturated carbocycles. The predicted octanol–water partition coefficient (Wildman–Crippen LogP) is 3.73. The highest BCUT2D eigenvalue weighted by molar-refractivity contribution is 6.32. The summed E-state index contributed by atoms with van der Waals surface area (Å²) in [5.41, 5.74) is 0.953. The molecule has 104 valence electrons. The predicted molar refractivity (Wildman–Crippen MR) is 76.3 cm³/mol. The minimum absolute atomic E-state index is 0.00252. The van der Waals surface area contributed by atoms with Gasteiger partial charge in [0.1, 0.15) is 5.02 Å². The normalized spacial score (nSPS) is 24.4. The molecule has 1 aromatic rings. The Hall–Kier alpha value is -1.13. The van der Waals surface area contributed by atoms with E-state index in [-0.39, 0.29) is 10.7 Å². The van der Waals surface area contributed by atoms with Gasteiger partial charge in [0.05, 0.1) is 4.92 Å². The van der Waals surface area contributed by atoms with Crippen LogP contribution in [-0.4, -0.2) is 22.9 Å². The molecule has 1 aromatic carbocycles. The van der Waals surface area contributed by atoms with Gasteiger partial charge in [0.15, 0.2) is 0 Å². The van der Waals surface area contributed by atoms with E-state index in [1.165, 1.54) is 6.42 Å². The number of benzene rings is 1. The van der Waals surface area contributed by atoms with E-state index in [4.69, 9.17) is 11.6 Å². The molecule has 0 bridgehead atoms. The highest BCUT2D eigenvalue weighted by atomic mass is 35.5. The summed E-state index contributed by atoms with van der Waals surface area (Å²) in [6.07, 6.45) is 1.26. The van der Waals surface area contributed by atoms with Crippen molar-refractivity contribution in [2.45, 2.75) is 26.8 Å². The van der Waals surface area contributed by atoms with Crippen LogP contribution in [0.3, 0.4) is 0 Å². The third kappa shape index (κ3) is 3.67. The van der Waals surface area contributed by atoms with E-state index in [9.17, 15) is 10.1 Å². The highest BCUT2D eigenvalue weighted by Crippen LogP contribution is 2.27. The van der Waals surface area contributed by atoms with Crippen molar-refractivity contribution in [2.24, 2.45) is 11.8 Å². The SMILES string of the molecule is CC1CC(C)CN(Cc2ccc(Cl)c([N+](=O)[O-])c2)C1. The summed E-state index contributed by atoms with van der Waals surface area (Å²) in [5.74, 6) is 1.37. The number of nitro groups is 1. The zero-order chi connectivity index (χ0) is 14.0. The molecule has 2 atom stereocenters. The van der Waals surface area contributed by atoms with Crippen molar-refractivity contribution in [3.8, 4) is 0 Å². The number of nitro benzene ring substituents is 1. The zero-order valence-corrected chi connectivity index (χ0v) is 12.1. The zero-order valence-electron chi connectivity index (χ0n) is 11.3. The summed E-state index contributed by atoms with van der Waals surface area (Å²) in [6, 6.07) is 5.08. The molecule has 5 heteroatoms. The topological polar surface area (TPSA) is 46.4 Å². The van der Waals surface area contributed by atoms with Crippen LogP contribution in [0.5, 0.6) is 0 Å².